The van der Waals surface area contributed by atoms with Crippen LogP contribution in [0, 0.1) is 5.41 Å². The van der Waals surface area contributed by atoms with Crippen molar-refractivity contribution in [2.45, 2.75) is 66.1 Å². The molecule has 0 radical (unpaired) electrons. The minimum Gasteiger partial charge on any atom is -0.343 e. The van der Waals surface area contributed by atoms with Crippen LogP contribution in [-0.4, -0.2) is 18.1 Å². The van der Waals surface area contributed by atoms with E-state index in [1.165, 1.54) is 0 Å². The first-order valence-electron chi connectivity index (χ1n) is 5.67. The molecule has 90 valence electrons. The molecule has 1 unspecified atom stereocenters. The van der Waals surface area contributed by atoms with Crippen molar-refractivity contribution >= 4 is 6.41 Å². The second kappa shape index (κ2) is 5.50. The fraction of sp³-hybridized carbons (Fsp3) is 0.917. The molecule has 0 saturated carbocycles. The Morgan fingerprint density at radius 1 is 1.20 bits per heavy atom. The van der Waals surface area contributed by atoms with Crippen LogP contribution in [0.5, 0.6) is 0 Å². The largest absolute Gasteiger partial charge is 0.343 e. The average Bonchev–Trinajstić information content (AvgIpc) is 1.98. The molecule has 1 atom stereocenters. The number of rotatable bonds is 6. The number of hydrogen-bond acceptors (Lipinski definition) is 2. The lowest BCUT2D eigenvalue weighted by Crippen LogP contribution is -2.53. The molecule has 0 spiro atoms. The number of nitrogens with one attached hydrogen (secondary N) is 2. The average molecular weight is 214 g/mol. The first-order valence-corrected chi connectivity index (χ1v) is 5.67. The van der Waals surface area contributed by atoms with Crippen LogP contribution in [0.4, 0.5) is 0 Å². The highest BCUT2D eigenvalue weighted by atomic mass is 16.1. The standard InChI is InChI=1S/C12H26N2O/c1-7-10(13-9-15)14-12(5,6)8-11(2,3)4/h9-10,14H,7-8H2,1-6H3,(H,13,15). The van der Waals surface area contributed by atoms with Gasteiger partial charge in [-0.05, 0) is 32.1 Å². The quantitative estimate of drug-likeness (QED) is 0.526. The molecule has 0 aliphatic rings. The number of amides is 1. The van der Waals surface area contributed by atoms with Crippen LogP contribution in [-0.2, 0) is 4.79 Å². The van der Waals surface area contributed by atoms with Gasteiger partial charge in [0.1, 0.15) is 0 Å². The van der Waals surface area contributed by atoms with Gasteiger partial charge in [0.15, 0.2) is 0 Å². The molecule has 0 rings (SSSR count). The lowest BCUT2D eigenvalue weighted by molar-refractivity contribution is -0.110. The van der Waals surface area contributed by atoms with Gasteiger partial charge >= 0.3 is 0 Å². The lowest BCUT2D eigenvalue weighted by Gasteiger charge is -2.36. The van der Waals surface area contributed by atoms with Gasteiger partial charge in [-0.2, -0.15) is 0 Å². The topological polar surface area (TPSA) is 41.1 Å². The van der Waals surface area contributed by atoms with Crippen LogP contribution >= 0.6 is 0 Å². The second-order valence-electron chi connectivity index (χ2n) is 6.01. The molecule has 0 aliphatic carbocycles. The Morgan fingerprint density at radius 3 is 2.07 bits per heavy atom. The molecule has 0 aromatic carbocycles. The SMILES string of the molecule is CCC(NC=O)NC(C)(C)CC(C)(C)C. The van der Waals surface area contributed by atoms with Crippen LogP contribution in [0.25, 0.3) is 0 Å². The molecule has 3 nitrogen and oxygen atoms in total. The summed E-state index contributed by atoms with van der Waals surface area (Å²) in [6.07, 6.45) is 2.79. The molecule has 0 bridgehead atoms. The molecule has 3 heteroatoms. The molecule has 1 amide bonds. The van der Waals surface area contributed by atoms with Gasteiger partial charge in [0.05, 0.1) is 6.17 Å². The molecule has 0 aliphatic heterocycles. The van der Waals surface area contributed by atoms with Gasteiger partial charge in [-0.1, -0.05) is 27.7 Å². The Hall–Kier alpha value is -0.570. The molecule has 0 saturated heterocycles. The summed E-state index contributed by atoms with van der Waals surface area (Å²) in [5, 5.41) is 6.24. The molecule has 0 aromatic heterocycles. The third-order valence-electron chi connectivity index (χ3n) is 2.21. The second-order valence-corrected chi connectivity index (χ2v) is 6.01. The molecule has 2 N–H and O–H groups in total. The smallest absolute Gasteiger partial charge is 0.208 e. The highest BCUT2D eigenvalue weighted by molar-refractivity contribution is 5.46. The Bertz CT molecular complexity index is 194. The van der Waals surface area contributed by atoms with Crippen LogP contribution in [0.3, 0.4) is 0 Å². The Balaban J connectivity index is 4.27. The van der Waals surface area contributed by atoms with E-state index in [1.807, 2.05) is 0 Å². The van der Waals surface area contributed by atoms with Crippen LogP contribution in [0.15, 0.2) is 0 Å². The summed E-state index contributed by atoms with van der Waals surface area (Å²) in [7, 11) is 0. The summed E-state index contributed by atoms with van der Waals surface area (Å²) < 4.78 is 0. The van der Waals surface area contributed by atoms with E-state index < -0.39 is 0 Å². The van der Waals surface area contributed by atoms with Gasteiger partial charge in [0.2, 0.25) is 6.41 Å². The van der Waals surface area contributed by atoms with E-state index in [9.17, 15) is 4.79 Å². The van der Waals surface area contributed by atoms with Crippen molar-refractivity contribution in [1.82, 2.24) is 10.6 Å². The van der Waals surface area contributed by atoms with Crippen molar-refractivity contribution in [2.75, 3.05) is 0 Å². The summed E-state index contributed by atoms with van der Waals surface area (Å²) >= 11 is 0. The zero-order valence-electron chi connectivity index (χ0n) is 11.0. The summed E-state index contributed by atoms with van der Waals surface area (Å²) in [4.78, 5) is 10.4. The third-order valence-corrected chi connectivity index (χ3v) is 2.21. The van der Waals surface area contributed by atoms with E-state index in [1.54, 1.807) is 0 Å². The minimum atomic E-state index is 0.0366. The monoisotopic (exact) mass is 214 g/mol. The first-order chi connectivity index (χ1) is 6.70. The Kier molecular flexibility index (Phi) is 5.29. The minimum absolute atomic E-state index is 0.0366. The Morgan fingerprint density at radius 2 is 1.73 bits per heavy atom. The van der Waals surface area contributed by atoms with Crippen LogP contribution in [0.2, 0.25) is 0 Å². The summed E-state index contributed by atoms with van der Waals surface area (Å²) in [6, 6.07) is 0. The van der Waals surface area contributed by atoms with E-state index in [-0.39, 0.29) is 17.1 Å². The van der Waals surface area contributed by atoms with Crippen molar-refractivity contribution in [3.63, 3.8) is 0 Å². The molecule has 0 fully saturated rings. The maximum atomic E-state index is 10.4. The predicted octanol–water partition coefficient (Wildman–Crippen LogP) is 2.27. The number of carbonyl (C=O) groups excluding carboxylic acids is 1. The highest BCUT2D eigenvalue weighted by Crippen LogP contribution is 2.27. The van der Waals surface area contributed by atoms with Crippen LogP contribution in [0.1, 0.15) is 54.4 Å². The van der Waals surface area contributed by atoms with Gasteiger partial charge in [-0.25, -0.2) is 0 Å². The van der Waals surface area contributed by atoms with Gasteiger partial charge in [-0.3, -0.25) is 10.1 Å². The van der Waals surface area contributed by atoms with Gasteiger partial charge < -0.3 is 5.32 Å². The summed E-state index contributed by atoms with van der Waals surface area (Å²) in [6.45, 7) is 13.1. The van der Waals surface area contributed by atoms with E-state index in [0.29, 0.717) is 0 Å². The molecule has 15 heavy (non-hydrogen) atoms. The maximum absolute atomic E-state index is 10.4. The van der Waals surface area contributed by atoms with Crippen LogP contribution < -0.4 is 10.6 Å². The lowest BCUT2D eigenvalue weighted by atomic mass is 9.81. The molecule has 0 aromatic rings. The zero-order chi connectivity index (χ0) is 12.1. The third kappa shape index (κ3) is 7.37. The first kappa shape index (κ1) is 14.4. The van der Waals surface area contributed by atoms with E-state index in [0.717, 1.165) is 19.3 Å². The molecular weight excluding hydrogens is 188 g/mol. The fourth-order valence-electron chi connectivity index (χ4n) is 2.19. The van der Waals surface area contributed by atoms with Crippen molar-refractivity contribution in [3.05, 3.63) is 0 Å². The zero-order valence-corrected chi connectivity index (χ0v) is 11.0. The fourth-order valence-corrected chi connectivity index (χ4v) is 2.19. The van der Waals surface area contributed by atoms with Gasteiger partial charge in [0.25, 0.3) is 0 Å². The maximum Gasteiger partial charge on any atom is 0.208 e. The van der Waals surface area contributed by atoms with E-state index in [2.05, 4.69) is 52.2 Å². The number of carbonyl (C=O) groups is 1. The highest BCUT2D eigenvalue weighted by Gasteiger charge is 2.26. The summed E-state index contributed by atoms with van der Waals surface area (Å²) in [5.41, 5.74) is 0.324. The molecule has 0 heterocycles. The normalized spacial score (nSPS) is 14.8. The van der Waals surface area contributed by atoms with Crippen molar-refractivity contribution in [3.8, 4) is 0 Å². The van der Waals surface area contributed by atoms with Gasteiger partial charge in [-0.15, -0.1) is 0 Å². The Labute approximate surface area is 94.0 Å². The molecular formula is C12H26N2O. The van der Waals surface area contributed by atoms with Crippen molar-refractivity contribution in [1.29, 1.82) is 0 Å². The van der Waals surface area contributed by atoms with Crippen molar-refractivity contribution < 1.29 is 4.79 Å². The summed E-state index contributed by atoms with van der Waals surface area (Å²) in [5.74, 6) is 0. The predicted molar refractivity (Wildman–Crippen MR) is 64.6 cm³/mol. The van der Waals surface area contributed by atoms with Gasteiger partial charge in [0, 0.05) is 5.54 Å². The number of hydrogen-bond donors (Lipinski definition) is 2. The van der Waals surface area contributed by atoms with E-state index >= 15 is 0 Å². The van der Waals surface area contributed by atoms with E-state index in [4.69, 9.17) is 0 Å². The van der Waals surface area contributed by atoms with Crippen molar-refractivity contribution in [2.24, 2.45) is 5.41 Å².